The molecule has 3 nitrogen and oxygen atoms in total. The number of aliphatic hydroxyl groups excluding tert-OH is 1. The molecule has 2 unspecified atom stereocenters. The van der Waals surface area contributed by atoms with E-state index in [0.29, 0.717) is 24.5 Å². The number of amidine groups is 1. The molecule has 1 fully saturated rings. The van der Waals surface area contributed by atoms with Gasteiger partial charge in [0.2, 0.25) is 0 Å². The molecule has 0 amide bonds. The molecule has 0 bridgehead atoms. The zero-order valence-electron chi connectivity index (χ0n) is 12.0. The van der Waals surface area contributed by atoms with Crippen LogP contribution in [-0.4, -0.2) is 35.0 Å². The lowest BCUT2D eigenvalue weighted by Crippen LogP contribution is -2.44. The molecule has 0 spiro atoms. The number of aliphatic hydroxyl groups is 1. The van der Waals surface area contributed by atoms with Gasteiger partial charge >= 0.3 is 0 Å². The van der Waals surface area contributed by atoms with Crippen LogP contribution in [-0.2, 0) is 0 Å². The van der Waals surface area contributed by atoms with Crippen molar-refractivity contribution in [1.29, 1.82) is 5.41 Å². The minimum absolute atomic E-state index is 0. The fraction of sp³-hybridized carbons (Fsp3) is 0.929. The Morgan fingerprint density at radius 3 is 2.61 bits per heavy atom. The lowest BCUT2D eigenvalue weighted by molar-refractivity contribution is 0.162. The van der Waals surface area contributed by atoms with E-state index in [2.05, 4.69) is 25.7 Å². The van der Waals surface area contributed by atoms with Gasteiger partial charge in [0.25, 0.3) is 0 Å². The molecule has 1 heterocycles. The van der Waals surface area contributed by atoms with E-state index in [1.165, 1.54) is 0 Å². The van der Waals surface area contributed by atoms with Crippen molar-refractivity contribution in [3.63, 3.8) is 0 Å². The Kier molecular flexibility index (Phi) is 8.62. The molecule has 1 aliphatic rings. The Morgan fingerprint density at radius 2 is 2.11 bits per heavy atom. The van der Waals surface area contributed by atoms with Crippen molar-refractivity contribution in [3.05, 3.63) is 0 Å². The van der Waals surface area contributed by atoms with Crippen molar-refractivity contribution in [2.45, 2.75) is 58.9 Å². The van der Waals surface area contributed by atoms with Gasteiger partial charge in [0.1, 0.15) is 0 Å². The third-order valence-electron chi connectivity index (χ3n) is 3.83. The van der Waals surface area contributed by atoms with E-state index in [1.807, 2.05) is 0 Å². The second kappa shape index (κ2) is 8.76. The first kappa shape index (κ1) is 17.7. The van der Waals surface area contributed by atoms with Gasteiger partial charge in [-0.2, -0.15) is 0 Å². The van der Waals surface area contributed by atoms with Crippen molar-refractivity contribution in [3.8, 4) is 0 Å². The van der Waals surface area contributed by atoms with Gasteiger partial charge in [-0.05, 0) is 44.4 Å². The zero-order chi connectivity index (χ0) is 12.8. The molecule has 1 rings (SSSR count). The molecule has 1 saturated heterocycles. The lowest BCUT2D eigenvalue weighted by atomic mass is 9.89. The van der Waals surface area contributed by atoms with Gasteiger partial charge in [-0.25, -0.2) is 0 Å². The van der Waals surface area contributed by atoms with Crippen LogP contribution in [0.25, 0.3) is 0 Å². The minimum Gasteiger partial charge on any atom is -0.396 e. The third kappa shape index (κ3) is 5.57. The van der Waals surface area contributed by atoms with Gasteiger partial charge in [0.05, 0.1) is 5.84 Å². The molecule has 2 atom stereocenters. The van der Waals surface area contributed by atoms with Crippen molar-refractivity contribution in [1.82, 2.24) is 4.90 Å². The summed E-state index contributed by atoms with van der Waals surface area (Å²) < 4.78 is 0. The van der Waals surface area contributed by atoms with E-state index >= 15 is 0 Å². The van der Waals surface area contributed by atoms with Gasteiger partial charge in [-0.3, -0.25) is 5.41 Å². The molecule has 2 N–H and O–H groups in total. The first-order chi connectivity index (χ1) is 8.04. The molecule has 0 aliphatic carbocycles. The standard InChI is InChI=1S/C14H28N2O.ClH/c1-11(2)4-5-14(15)16-8-6-13(7-9-17)10-12(16)3;/h11-13,15,17H,4-10H2,1-3H3;1H. The molecular weight excluding hydrogens is 248 g/mol. The van der Waals surface area contributed by atoms with Crippen molar-refractivity contribution in [2.75, 3.05) is 13.2 Å². The summed E-state index contributed by atoms with van der Waals surface area (Å²) in [6, 6.07) is 0.472. The van der Waals surface area contributed by atoms with Crippen LogP contribution in [0.1, 0.15) is 52.9 Å². The third-order valence-corrected chi connectivity index (χ3v) is 3.83. The fourth-order valence-electron chi connectivity index (χ4n) is 2.68. The molecule has 0 saturated carbocycles. The lowest BCUT2D eigenvalue weighted by Gasteiger charge is -2.39. The van der Waals surface area contributed by atoms with Crippen molar-refractivity contribution < 1.29 is 5.11 Å². The largest absolute Gasteiger partial charge is 0.396 e. The average molecular weight is 277 g/mol. The maximum atomic E-state index is 8.97. The molecule has 18 heavy (non-hydrogen) atoms. The Bertz CT molecular complexity index is 246. The number of likely N-dealkylation sites (tertiary alicyclic amines) is 1. The number of nitrogens with zero attached hydrogens (tertiary/aromatic N) is 1. The van der Waals surface area contributed by atoms with E-state index in [9.17, 15) is 0 Å². The van der Waals surface area contributed by atoms with Gasteiger partial charge in [0.15, 0.2) is 0 Å². The molecule has 0 aromatic carbocycles. The predicted octanol–water partition coefficient (Wildman–Crippen LogP) is 3.30. The summed E-state index contributed by atoms with van der Waals surface area (Å²) in [7, 11) is 0. The maximum absolute atomic E-state index is 8.97. The van der Waals surface area contributed by atoms with Crippen LogP contribution in [0.5, 0.6) is 0 Å². The van der Waals surface area contributed by atoms with Gasteiger partial charge in [0, 0.05) is 25.6 Å². The number of hydrogen-bond donors (Lipinski definition) is 2. The molecule has 0 aromatic rings. The van der Waals surface area contributed by atoms with Gasteiger partial charge in [-0.1, -0.05) is 13.8 Å². The summed E-state index contributed by atoms with van der Waals surface area (Å²) in [4.78, 5) is 2.26. The van der Waals surface area contributed by atoms with Crippen LogP contribution in [0, 0.1) is 17.2 Å². The molecule has 1 aliphatic heterocycles. The quantitative estimate of drug-likeness (QED) is 0.598. The minimum atomic E-state index is 0. The molecule has 108 valence electrons. The number of nitrogens with one attached hydrogen (secondary N) is 1. The Hall–Kier alpha value is -0.280. The van der Waals surface area contributed by atoms with Crippen LogP contribution in [0.3, 0.4) is 0 Å². The Balaban J connectivity index is 0.00000289. The predicted molar refractivity (Wildman–Crippen MR) is 79.6 cm³/mol. The highest BCUT2D eigenvalue weighted by molar-refractivity contribution is 5.85. The molecule has 0 aromatic heterocycles. The topological polar surface area (TPSA) is 47.3 Å². The Labute approximate surface area is 118 Å². The summed E-state index contributed by atoms with van der Waals surface area (Å²) >= 11 is 0. The summed E-state index contributed by atoms with van der Waals surface area (Å²) in [5.41, 5.74) is 0. The van der Waals surface area contributed by atoms with Crippen molar-refractivity contribution in [2.24, 2.45) is 11.8 Å². The van der Waals surface area contributed by atoms with Crippen LogP contribution in [0.2, 0.25) is 0 Å². The fourth-order valence-corrected chi connectivity index (χ4v) is 2.68. The van der Waals surface area contributed by atoms with E-state index < -0.39 is 0 Å². The second-order valence-electron chi connectivity index (χ2n) is 5.82. The monoisotopic (exact) mass is 276 g/mol. The number of hydrogen-bond acceptors (Lipinski definition) is 2. The molecule has 0 radical (unpaired) electrons. The maximum Gasteiger partial charge on any atom is 0.0960 e. The number of rotatable bonds is 5. The highest BCUT2D eigenvalue weighted by atomic mass is 35.5. The normalized spacial score (nSPS) is 23.9. The smallest absolute Gasteiger partial charge is 0.0960 e. The Morgan fingerprint density at radius 1 is 1.44 bits per heavy atom. The van der Waals surface area contributed by atoms with Crippen LogP contribution >= 0.6 is 12.4 Å². The molecular formula is C14H29ClN2O. The van der Waals surface area contributed by atoms with E-state index in [0.717, 1.165) is 44.5 Å². The second-order valence-corrected chi connectivity index (χ2v) is 5.82. The van der Waals surface area contributed by atoms with E-state index in [4.69, 9.17) is 10.5 Å². The van der Waals surface area contributed by atoms with Crippen LogP contribution in [0.15, 0.2) is 0 Å². The SMILES string of the molecule is CC(C)CCC(=N)N1CCC(CCO)CC1C.Cl. The first-order valence-electron chi connectivity index (χ1n) is 6.99. The average Bonchev–Trinajstić information content (AvgIpc) is 2.26. The highest BCUT2D eigenvalue weighted by Gasteiger charge is 2.26. The van der Waals surface area contributed by atoms with E-state index in [1.54, 1.807) is 0 Å². The number of halogens is 1. The van der Waals surface area contributed by atoms with Gasteiger partial charge in [-0.15, -0.1) is 12.4 Å². The summed E-state index contributed by atoms with van der Waals surface area (Å²) in [6.45, 7) is 7.95. The van der Waals surface area contributed by atoms with Crippen molar-refractivity contribution >= 4 is 18.2 Å². The van der Waals surface area contributed by atoms with Crippen LogP contribution < -0.4 is 0 Å². The summed E-state index contributed by atoms with van der Waals surface area (Å²) in [5.74, 6) is 2.15. The molecule has 4 heteroatoms. The summed E-state index contributed by atoms with van der Waals surface area (Å²) in [5, 5.41) is 17.1. The highest BCUT2D eigenvalue weighted by Crippen LogP contribution is 2.26. The number of piperidine rings is 1. The zero-order valence-corrected chi connectivity index (χ0v) is 12.8. The van der Waals surface area contributed by atoms with Gasteiger partial charge < -0.3 is 10.0 Å². The van der Waals surface area contributed by atoms with Crippen LogP contribution in [0.4, 0.5) is 0 Å². The summed E-state index contributed by atoms with van der Waals surface area (Å²) in [6.07, 6.45) is 5.21. The first-order valence-corrected chi connectivity index (χ1v) is 6.99. The van der Waals surface area contributed by atoms with E-state index in [-0.39, 0.29) is 12.4 Å².